The number of guanidine groups is 1. The number of rotatable bonds is 4. The van der Waals surface area contributed by atoms with E-state index in [4.69, 9.17) is 9.73 Å². The van der Waals surface area contributed by atoms with Crippen LogP contribution >= 0.6 is 24.0 Å². The van der Waals surface area contributed by atoms with E-state index in [1.807, 2.05) is 12.1 Å². The van der Waals surface area contributed by atoms with Gasteiger partial charge in [-0.3, -0.25) is 4.79 Å². The number of aromatic nitrogens is 1. The Morgan fingerprint density at radius 1 is 1.38 bits per heavy atom. The second-order valence-electron chi connectivity index (χ2n) is 6.56. The maximum atomic E-state index is 11.9. The van der Waals surface area contributed by atoms with Gasteiger partial charge in [0.25, 0.3) is 0 Å². The number of nitrogens with one attached hydrogen (secondary N) is 2. The normalized spacial score (nSPS) is 20.1. The summed E-state index contributed by atoms with van der Waals surface area (Å²) in [7, 11) is 1.45. The fourth-order valence-corrected chi connectivity index (χ4v) is 3.40. The van der Waals surface area contributed by atoms with E-state index in [9.17, 15) is 4.79 Å². The molecule has 2 unspecified atom stereocenters. The van der Waals surface area contributed by atoms with E-state index in [-0.39, 0.29) is 41.8 Å². The summed E-state index contributed by atoms with van der Waals surface area (Å²) in [6.07, 6.45) is 0. The van der Waals surface area contributed by atoms with Crippen molar-refractivity contribution in [3.63, 3.8) is 0 Å². The number of nitrogens with zero attached hydrogens (tertiary/aromatic N) is 2. The molecule has 1 fully saturated rings. The summed E-state index contributed by atoms with van der Waals surface area (Å²) in [6.45, 7) is 6.95. The van der Waals surface area contributed by atoms with Crippen LogP contribution in [0.4, 0.5) is 0 Å². The molecule has 1 aromatic carbocycles. The average Bonchev–Trinajstić information content (AvgIpc) is 3.21. The van der Waals surface area contributed by atoms with Gasteiger partial charge >= 0.3 is 5.97 Å². The third-order valence-electron chi connectivity index (χ3n) is 4.74. The highest BCUT2D eigenvalue weighted by Crippen LogP contribution is 2.24. The molecule has 2 aromatic rings. The Balaban J connectivity index is 0.00000243. The summed E-state index contributed by atoms with van der Waals surface area (Å²) in [6, 6.07) is 10.3. The number of para-hydroxylation sites is 1. The molecule has 2 atom stereocenters. The lowest BCUT2D eigenvalue weighted by molar-refractivity contribution is -0.145. The number of ether oxygens (including phenoxy) is 1. The molecule has 6 nitrogen and oxygen atoms in total. The molecular formula is C19H27IN4O2. The number of aromatic amines is 1. The number of benzene rings is 1. The van der Waals surface area contributed by atoms with Crippen LogP contribution in [0.5, 0.6) is 0 Å². The van der Waals surface area contributed by atoms with Crippen LogP contribution in [0, 0.1) is 11.8 Å². The zero-order valence-electron chi connectivity index (χ0n) is 15.5. The third-order valence-corrected chi connectivity index (χ3v) is 4.74. The monoisotopic (exact) mass is 470 g/mol. The average molecular weight is 470 g/mol. The number of likely N-dealkylation sites (tertiary alicyclic amines) is 1. The highest BCUT2D eigenvalue weighted by molar-refractivity contribution is 14.0. The minimum Gasteiger partial charge on any atom is -0.469 e. The number of halogens is 1. The van der Waals surface area contributed by atoms with E-state index >= 15 is 0 Å². The molecule has 1 aromatic heterocycles. The van der Waals surface area contributed by atoms with Gasteiger partial charge in [0.1, 0.15) is 0 Å². The molecular weight excluding hydrogens is 443 g/mol. The Hall–Kier alpha value is -1.77. The van der Waals surface area contributed by atoms with Gasteiger partial charge in [0, 0.05) is 30.8 Å². The molecule has 1 saturated heterocycles. The number of carbonyl (C=O) groups is 1. The number of hydrogen-bond donors (Lipinski definition) is 2. The summed E-state index contributed by atoms with van der Waals surface area (Å²) in [5, 5.41) is 4.53. The summed E-state index contributed by atoms with van der Waals surface area (Å²) in [4.78, 5) is 22.2. The number of aliphatic imine (C=N–C) groups is 1. The van der Waals surface area contributed by atoms with Crippen molar-refractivity contribution in [2.24, 2.45) is 16.8 Å². The molecule has 0 radical (unpaired) electrons. The number of hydrogen-bond acceptors (Lipinski definition) is 3. The molecule has 26 heavy (non-hydrogen) atoms. The number of carbonyl (C=O) groups excluding carboxylic acids is 1. The topological polar surface area (TPSA) is 69.7 Å². The minimum absolute atomic E-state index is 0. The van der Waals surface area contributed by atoms with Crippen LogP contribution in [0.1, 0.15) is 19.5 Å². The van der Waals surface area contributed by atoms with Crippen LogP contribution in [-0.2, 0) is 16.1 Å². The smallest absolute Gasteiger partial charge is 0.310 e. The fourth-order valence-electron chi connectivity index (χ4n) is 3.40. The predicted molar refractivity (Wildman–Crippen MR) is 115 cm³/mol. The van der Waals surface area contributed by atoms with Gasteiger partial charge in [-0.1, -0.05) is 25.1 Å². The first-order chi connectivity index (χ1) is 12.1. The van der Waals surface area contributed by atoms with Gasteiger partial charge < -0.3 is 19.9 Å². The van der Waals surface area contributed by atoms with Crippen molar-refractivity contribution in [1.29, 1.82) is 0 Å². The van der Waals surface area contributed by atoms with Gasteiger partial charge in [-0.25, -0.2) is 4.99 Å². The third kappa shape index (κ3) is 4.49. The largest absolute Gasteiger partial charge is 0.469 e. The van der Waals surface area contributed by atoms with Crippen molar-refractivity contribution in [1.82, 2.24) is 15.2 Å². The fraction of sp³-hybridized carbons (Fsp3) is 0.474. The van der Waals surface area contributed by atoms with Crippen molar-refractivity contribution < 1.29 is 9.53 Å². The molecule has 0 spiro atoms. The van der Waals surface area contributed by atoms with Crippen LogP contribution < -0.4 is 5.32 Å². The molecule has 0 bridgehead atoms. The van der Waals surface area contributed by atoms with Crippen LogP contribution in [0.15, 0.2) is 35.3 Å². The van der Waals surface area contributed by atoms with Crippen molar-refractivity contribution in [2.75, 3.05) is 26.7 Å². The zero-order valence-corrected chi connectivity index (χ0v) is 17.8. The van der Waals surface area contributed by atoms with E-state index in [0.29, 0.717) is 13.1 Å². The highest BCUT2D eigenvalue weighted by atomic mass is 127. The first kappa shape index (κ1) is 20.5. The minimum atomic E-state index is -0.138. The maximum absolute atomic E-state index is 11.9. The molecule has 142 valence electrons. The van der Waals surface area contributed by atoms with Crippen molar-refractivity contribution in [2.45, 2.75) is 20.4 Å². The van der Waals surface area contributed by atoms with Crippen LogP contribution in [-0.4, -0.2) is 48.6 Å². The molecule has 0 aliphatic carbocycles. The number of methoxy groups -OCH3 is 1. The van der Waals surface area contributed by atoms with Gasteiger partial charge in [0.15, 0.2) is 5.96 Å². The Bertz CT molecular complexity index is 741. The molecule has 1 aliphatic rings. The quantitative estimate of drug-likeness (QED) is 0.312. The Labute approximate surface area is 171 Å². The van der Waals surface area contributed by atoms with E-state index in [2.05, 4.69) is 47.2 Å². The van der Waals surface area contributed by atoms with Crippen LogP contribution in [0.2, 0.25) is 0 Å². The van der Waals surface area contributed by atoms with Crippen LogP contribution in [0.25, 0.3) is 10.9 Å². The summed E-state index contributed by atoms with van der Waals surface area (Å²) < 4.78 is 4.92. The van der Waals surface area contributed by atoms with E-state index in [1.165, 1.54) is 12.5 Å². The van der Waals surface area contributed by atoms with Gasteiger partial charge in [0.2, 0.25) is 0 Å². The maximum Gasteiger partial charge on any atom is 0.310 e. The first-order valence-corrected chi connectivity index (χ1v) is 8.80. The lowest BCUT2D eigenvalue weighted by Crippen LogP contribution is -2.40. The SMILES string of the molecule is CCNC(=NCc1cc2ccccc2[nH]1)N1CC(C)C(C(=O)OC)C1.I. The van der Waals surface area contributed by atoms with E-state index < -0.39 is 0 Å². The predicted octanol–water partition coefficient (Wildman–Crippen LogP) is 2.99. The van der Waals surface area contributed by atoms with Gasteiger partial charge in [0.05, 0.1) is 19.6 Å². The lowest BCUT2D eigenvalue weighted by atomic mass is 9.99. The molecule has 1 aliphatic heterocycles. The van der Waals surface area contributed by atoms with Crippen molar-refractivity contribution in [3.8, 4) is 0 Å². The summed E-state index contributed by atoms with van der Waals surface area (Å²) in [5.41, 5.74) is 2.20. The molecule has 2 heterocycles. The zero-order chi connectivity index (χ0) is 17.8. The van der Waals surface area contributed by atoms with E-state index in [0.717, 1.165) is 30.3 Å². The lowest BCUT2D eigenvalue weighted by Gasteiger charge is -2.21. The second-order valence-corrected chi connectivity index (χ2v) is 6.56. The van der Waals surface area contributed by atoms with E-state index in [1.54, 1.807) is 0 Å². The molecule has 7 heteroatoms. The van der Waals surface area contributed by atoms with Crippen LogP contribution in [0.3, 0.4) is 0 Å². The van der Waals surface area contributed by atoms with Crippen molar-refractivity contribution in [3.05, 3.63) is 36.0 Å². The number of H-pyrrole nitrogens is 1. The molecule has 0 saturated carbocycles. The Morgan fingerprint density at radius 2 is 2.15 bits per heavy atom. The molecule has 3 rings (SSSR count). The number of esters is 1. The Morgan fingerprint density at radius 3 is 2.85 bits per heavy atom. The highest BCUT2D eigenvalue weighted by Gasteiger charge is 2.36. The van der Waals surface area contributed by atoms with Gasteiger partial charge in [-0.05, 0) is 30.4 Å². The number of fused-ring (bicyclic) bond motifs is 1. The van der Waals surface area contributed by atoms with Gasteiger partial charge in [-0.2, -0.15) is 0 Å². The first-order valence-electron chi connectivity index (χ1n) is 8.80. The van der Waals surface area contributed by atoms with Crippen molar-refractivity contribution >= 4 is 46.8 Å². The standard InChI is InChI=1S/C19H26N4O2.HI/c1-4-20-19(23-11-13(2)16(12-23)18(24)25-3)21-10-15-9-14-7-5-6-8-17(14)22-15;/h5-9,13,16,22H,4,10-12H2,1-3H3,(H,20,21);1H. The summed E-state index contributed by atoms with van der Waals surface area (Å²) in [5.74, 6) is 0.868. The molecule has 0 amide bonds. The second kappa shape index (κ2) is 9.25. The van der Waals surface area contributed by atoms with Gasteiger partial charge in [-0.15, -0.1) is 24.0 Å². The Kier molecular flexibility index (Phi) is 7.31. The molecule has 2 N–H and O–H groups in total. The summed E-state index contributed by atoms with van der Waals surface area (Å²) >= 11 is 0.